The molecule has 0 N–H and O–H groups in total. The van der Waals surface area contributed by atoms with Gasteiger partial charge in [0.05, 0.1) is 5.56 Å². The van der Waals surface area contributed by atoms with Gasteiger partial charge >= 0.3 is 0 Å². The Morgan fingerprint density at radius 2 is 1.76 bits per heavy atom. The molecule has 0 fully saturated rings. The lowest BCUT2D eigenvalue weighted by Crippen LogP contribution is -2.07. The fourth-order valence-electron chi connectivity index (χ4n) is 2.42. The average Bonchev–Trinajstić information content (AvgIpc) is 2.75. The molecular weight excluding hydrogens is 340 g/mol. The fraction of sp³-hybridized carbons (Fsp3) is 0.0625. The highest BCUT2D eigenvalue weighted by atomic mass is 79.9. The maximum Gasteiger partial charge on any atom is 0.201 e. The van der Waals surface area contributed by atoms with Crippen LogP contribution in [0.2, 0.25) is 0 Å². The maximum absolute atomic E-state index is 14.0. The van der Waals surface area contributed by atoms with Crippen molar-refractivity contribution in [3.05, 3.63) is 69.8 Å². The quantitative estimate of drug-likeness (QED) is 0.626. The van der Waals surface area contributed by atoms with Gasteiger partial charge in [-0.15, -0.1) is 0 Å². The number of fused-ring (bicyclic) bond motifs is 1. The molecule has 0 bridgehead atoms. The molecule has 0 aliphatic heterocycles. The first kappa shape index (κ1) is 13.9. The normalized spacial score (nSPS) is 11.0. The Bertz CT molecular complexity index is 847. The van der Waals surface area contributed by atoms with Crippen LogP contribution in [-0.2, 0) is 7.05 Å². The molecule has 1 aromatic heterocycles. The molecule has 2 aromatic carbocycles. The molecule has 0 aliphatic rings. The summed E-state index contributed by atoms with van der Waals surface area (Å²) in [6.07, 6.45) is 1.59. The highest BCUT2D eigenvalue weighted by Gasteiger charge is 2.22. The Morgan fingerprint density at radius 3 is 2.43 bits per heavy atom. The molecule has 0 unspecified atom stereocenters. The minimum atomic E-state index is -0.875. The van der Waals surface area contributed by atoms with Crippen molar-refractivity contribution in [2.45, 2.75) is 0 Å². The first-order valence-electron chi connectivity index (χ1n) is 6.22. The molecule has 0 spiro atoms. The number of halogens is 3. The summed E-state index contributed by atoms with van der Waals surface area (Å²) in [4.78, 5) is 12.5. The van der Waals surface area contributed by atoms with E-state index in [0.29, 0.717) is 5.39 Å². The second kappa shape index (κ2) is 5.07. The molecule has 3 aromatic rings. The zero-order valence-electron chi connectivity index (χ0n) is 11.0. The third-order valence-electron chi connectivity index (χ3n) is 3.38. The summed E-state index contributed by atoms with van der Waals surface area (Å²) < 4.78 is 29.9. The van der Waals surface area contributed by atoms with Crippen LogP contribution in [0.3, 0.4) is 0 Å². The lowest BCUT2D eigenvalue weighted by atomic mass is 10.0. The number of carbonyl (C=O) groups is 1. The van der Waals surface area contributed by atoms with Crippen molar-refractivity contribution in [2.24, 2.45) is 7.05 Å². The van der Waals surface area contributed by atoms with Crippen LogP contribution in [0.25, 0.3) is 10.9 Å². The van der Waals surface area contributed by atoms with Gasteiger partial charge in [0, 0.05) is 34.2 Å². The van der Waals surface area contributed by atoms with E-state index < -0.39 is 23.0 Å². The topological polar surface area (TPSA) is 22.0 Å². The minimum Gasteiger partial charge on any atom is -0.350 e. The lowest BCUT2D eigenvalue weighted by molar-refractivity contribution is 0.103. The Kier molecular flexibility index (Phi) is 3.37. The van der Waals surface area contributed by atoms with Crippen LogP contribution in [0.5, 0.6) is 0 Å². The van der Waals surface area contributed by atoms with Crippen LogP contribution in [0.15, 0.2) is 47.1 Å². The van der Waals surface area contributed by atoms with Crippen molar-refractivity contribution < 1.29 is 13.6 Å². The SMILES string of the molecule is Cn1cc(C(=O)c2c(F)cc(Br)cc2F)c2ccccc21. The second-order valence-electron chi connectivity index (χ2n) is 4.74. The molecule has 0 saturated heterocycles. The number of benzene rings is 2. The van der Waals surface area contributed by atoms with Crippen LogP contribution in [-0.4, -0.2) is 10.4 Å². The molecule has 0 aliphatic carbocycles. The highest BCUT2D eigenvalue weighted by Crippen LogP contribution is 2.26. The fourth-order valence-corrected chi connectivity index (χ4v) is 2.82. The number of rotatable bonds is 2. The van der Waals surface area contributed by atoms with Gasteiger partial charge in [0.25, 0.3) is 0 Å². The molecule has 3 rings (SSSR count). The molecule has 0 amide bonds. The summed E-state index contributed by atoms with van der Waals surface area (Å²) in [5, 5.41) is 0.673. The van der Waals surface area contributed by atoms with Gasteiger partial charge in [0.1, 0.15) is 11.6 Å². The summed E-state index contributed by atoms with van der Waals surface area (Å²) in [6, 6.07) is 9.41. The average molecular weight is 350 g/mol. The van der Waals surface area contributed by atoms with E-state index in [1.165, 1.54) is 0 Å². The maximum atomic E-state index is 14.0. The Hall–Kier alpha value is -2.01. The molecule has 0 radical (unpaired) electrons. The monoisotopic (exact) mass is 349 g/mol. The van der Waals surface area contributed by atoms with Gasteiger partial charge in [-0.3, -0.25) is 4.79 Å². The summed E-state index contributed by atoms with van der Waals surface area (Å²) in [6.45, 7) is 0. The molecular formula is C16H10BrF2NO. The summed E-state index contributed by atoms with van der Waals surface area (Å²) in [5.74, 6) is -2.41. The van der Waals surface area contributed by atoms with Gasteiger partial charge in [-0.2, -0.15) is 0 Å². The summed E-state index contributed by atoms with van der Waals surface area (Å²) >= 11 is 3.00. The van der Waals surface area contributed by atoms with Crippen molar-refractivity contribution in [2.75, 3.05) is 0 Å². The number of hydrogen-bond donors (Lipinski definition) is 0. The van der Waals surface area contributed by atoms with Gasteiger partial charge in [0.15, 0.2) is 0 Å². The van der Waals surface area contributed by atoms with Crippen molar-refractivity contribution in [1.82, 2.24) is 4.57 Å². The Balaban J connectivity index is 2.23. The highest BCUT2D eigenvalue weighted by molar-refractivity contribution is 9.10. The largest absolute Gasteiger partial charge is 0.350 e. The van der Waals surface area contributed by atoms with E-state index in [4.69, 9.17) is 0 Å². The van der Waals surface area contributed by atoms with Gasteiger partial charge < -0.3 is 4.57 Å². The first-order valence-corrected chi connectivity index (χ1v) is 7.01. The first-order chi connectivity index (χ1) is 9.99. The molecule has 2 nitrogen and oxygen atoms in total. The zero-order chi connectivity index (χ0) is 15.1. The number of carbonyl (C=O) groups excluding carboxylic acids is 1. The van der Waals surface area contributed by atoms with E-state index in [1.54, 1.807) is 29.9 Å². The van der Waals surface area contributed by atoms with E-state index in [0.717, 1.165) is 17.6 Å². The zero-order valence-corrected chi connectivity index (χ0v) is 12.6. The number of nitrogens with zero attached hydrogens (tertiary/aromatic N) is 1. The van der Waals surface area contributed by atoms with E-state index in [1.807, 2.05) is 12.1 Å². The van der Waals surface area contributed by atoms with E-state index in [2.05, 4.69) is 15.9 Å². The third-order valence-corrected chi connectivity index (χ3v) is 3.83. The predicted octanol–water partition coefficient (Wildman–Crippen LogP) is 4.45. The van der Waals surface area contributed by atoms with E-state index in [9.17, 15) is 13.6 Å². The predicted molar refractivity (Wildman–Crippen MR) is 80.4 cm³/mol. The van der Waals surface area contributed by atoms with Crippen molar-refractivity contribution in [3.63, 3.8) is 0 Å². The number of aryl methyl sites for hydroxylation is 1. The molecule has 0 atom stereocenters. The van der Waals surface area contributed by atoms with Crippen LogP contribution in [0.1, 0.15) is 15.9 Å². The Morgan fingerprint density at radius 1 is 1.14 bits per heavy atom. The Labute approximate surface area is 128 Å². The number of hydrogen-bond acceptors (Lipinski definition) is 1. The standard InChI is InChI=1S/C16H10BrF2NO/c1-20-8-11(10-4-2-3-5-14(10)20)16(21)15-12(18)6-9(17)7-13(15)19/h2-8H,1H3. The minimum absolute atomic E-state index is 0.256. The van der Waals surface area contributed by atoms with E-state index in [-0.39, 0.29) is 10.0 Å². The molecule has 1 heterocycles. The summed E-state index contributed by atoms with van der Waals surface area (Å²) in [5.41, 5.74) is 0.585. The van der Waals surface area contributed by atoms with E-state index >= 15 is 0 Å². The van der Waals surface area contributed by atoms with Crippen LogP contribution in [0.4, 0.5) is 8.78 Å². The number of ketones is 1. The van der Waals surface area contributed by atoms with Crippen molar-refractivity contribution in [1.29, 1.82) is 0 Å². The second-order valence-corrected chi connectivity index (χ2v) is 5.66. The van der Waals surface area contributed by atoms with Crippen molar-refractivity contribution in [3.8, 4) is 0 Å². The van der Waals surface area contributed by atoms with Gasteiger partial charge in [-0.25, -0.2) is 8.78 Å². The number of para-hydroxylation sites is 1. The van der Waals surface area contributed by atoms with Gasteiger partial charge in [-0.1, -0.05) is 34.1 Å². The number of aromatic nitrogens is 1. The molecule has 5 heteroatoms. The smallest absolute Gasteiger partial charge is 0.201 e. The van der Waals surface area contributed by atoms with Crippen LogP contribution in [0, 0.1) is 11.6 Å². The van der Waals surface area contributed by atoms with Gasteiger partial charge in [0.2, 0.25) is 5.78 Å². The van der Waals surface area contributed by atoms with Crippen LogP contribution < -0.4 is 0 Å². The van der Waals surface area contributed by atoms with Crippen molar-refractivity contribution >= 4 is 32.6 Å². The lowest BCUT2D eigenvalue weighted by Gasteiger charge is -2.04. The summed E-state index contributed by atoms with van der Waals surface area (Å²) in [7, 11) is 1.79. The molecule has 21 heavy (non-hydrogen) atoms. The van der Waals surface area contributed by atoms with Crippen LogP contribution >= 0.6 is 15.9 Å². The third kappa shape index (κ3) is 2.27. The van der Waals surface area contributed by atoms with Gasteiger partial charge in [-0.05, 0) is 18.2 Å². The molecule has 0 saturated carbocycles. The molecule has 106 valence electrons.